The van der Waals surface area contributed by atoms with Crippen molar-refractivity contribution in [3.8, 4) is 0 Å². The lowest BCUT2D eigenvalue weighted by atomic mass is 9.94. The number of hydrogen-bond donors (Lipinski definition) is 2. The van der Waals surface area contributed by atoms with Crippen LogP contribution in [0.1, 0.15) is 18.7 Å². The van der Waals surface area contributed by atoms with E-state index in [0.717, 1.165) is 10.4 Å². The molecule has 0 spiro atoms. The number of aryl methyl sites for hydroxylation is 1. The lowest BCUT2D eigenvalue weighted by molar-refractivity contribution is -0.0543. The molecule has 1 fully saturated rings. The van der Waals surface area contributed by atoms with E-state index in [0.29, 0.717) is 38.4 Å². The SMILES string of the molecule is Cc1nc(Br)cc(NCC2(O)CCOCC2)n1. The fourth-order valence-corrected chi connectivity index (χ4v) is 2.28. The van der Waals surface area contributed by atoms with Gasteiger partial charge in [-0.2, -0.15) is 0 Å². The average Bonchev–Trinajstić information content (AvgIpc) is 2.26. The van der Waals surface area contributed by atoms with Crippen molar-refractivity contribution in [2.75, 3.05) is 25.1 Å². The molecule has 0 radical (unpaired) electrons. The molecule has 17 heavy (non-hydrogen) atoms. The molecular weight excluding hydrogens is 286 g/mol. The first kappa shape index (κ1) is 12.7. The highest BCUT2D eigenvalue weighted by molar-refractivity contribution is 9.10. The van der Waals surface area contributed by atoms with E-state index in [-0.39, 0.29) is 0 Å². The Labute approximate surface area is 109 Å². The Morgan fingerprint density at radius 2 is 2.18 bits per heavy atom. The van der Waals surface area contributed by atoms with Crippen LogP contribution >= 0.6 is 15.9 Å². The highest BCUT2D eigenvalue weighted by Gasteiger charge is 2.29. The van der Waals surface area contributed by atoms with Gasteiger partial charge >= 0.3 is 0 Å². The summed E-state index contributed by atoms with van der Waals surface area (Å²) < 4.78 is 5.98. The largest absolute Gasteiger partial charge is 0.388 e. The first-order valence-corrected chi connectivity index (χ1v) is 6.42. The molecule has 0 amide bonds. The second-order valence-corrected chi connectivity index (χ2v) is 5.13. The van der Waals surface area contributed by atoms with E-state index in [4.69, 9.17) is 4.74 Å². The Morgan fingerprint density at radius 1 is 1.47 bits per heavy atom. The van der Waals surface area contributed by atoms with Crippen LogP contribution in [0.5, 0.6) is 0 Å². The van der Waals surface area contributed by atoms with Gasteiger partial charge in [0.2, 0.25) is 0 Å². The minimum Gasteiger partial charge on any atom is -0.388 e. The smallest absolute Gasteiger partial charge is 0.130 e. The first-order valence-electron chi connectivity index (χ1n) is 5.63. The standard InChI is InChI=1S/C11H16BrN3O2/c1-8-14-9(12)6-10(15-8)13-7-11(16)2-4-17-5-3-11/h6,16H,2-5,7H2,1H3,(H,13,14,15). The van der Waals surface area contributed by atoms with E-state index in [1.807, 2.05) is 6.92 Å². The van der Waals surface area contributed by atoms with E-state index in [9.17, 15) is 5.11 Å². The Morgan fingerprint density at radius 3 is 2.82 bits per heavy atom. The zero-order valence-electron chi connectivity index (χ0n) is 9.74. The Balaban J connectivity index is 1.96. The summed E-state index contributed by atoms with van der Waals surface area (Å²) in [5.41, 5.74) is -0.691. The molecular formula is C11H16BrN3O2. The van der Waals surface area contributed by atoms with Crippen molar-refractivity contribution in [3.63, 3.8) is 0 Å². The van der Waals surface area contributed by atoms with E-state index in [1.165, 1.54) is 0 Å². The van der Waals surface area contributed by atoms with E-state index in [1.54, 1.807) is 6.07 Å². The van der Waals surface area contributed by atoms with Gasteiger partial charge in [-0.15, -0.1) is 0 Å². The van der Waals surface area contributed by atoms with Crippen LogP contribution in [0.15, 0.2) is 10.7 Å². The molecule has 5 nitrogen and oxygen atoms in total. The monoisotopic (exact) mass is 301 g/mol. The Kier molecular flexibility index (Phi) is 3.96. The summed E-state index contributed by atoms with van der Waals surface area (Å²) in [7, 11) is 0. The van der Waals surface area contributed by atoms with Gasteiger partial charge in [0.15, 0.2) is 0 Å². The first-order chi connectivity index (χ1) is 8.07. The van der Waals surface area contributed by atoms with E-state index in [2.05, 4.69) is 31.2 Å². The summed E-state index contributed by atoms with van der Waals surface area (Å²) >= 11 is 3.32. The molecule has 0 bridgehead atoms. The summed E-state index contributed by atoms with van der Waals surface area (Å²) in [4.78, 5) is 8.38. The molecule has 2 heterocycles. The number of aromatic nitrogens is 2. The highest BCUT2D eigenvalue weighted by atomic mass is 79.9. The van der Waals surface area contributed by atoms with Gasteiger partial charge in [-0.05, 0) is 22.9 Å². The molecule has 94 valence electrons. The second-order valence-electron chi connectivity index (χ2n) is 4.31. The van der Waals surface area contributed by atoms with Gasteiger partial charge < -0.3 is 15.2 Å². The number of aliphatic hydroxyl groups is 1. The van der Waals surface area contributed by atoms with Crippen molar-refractivity contribution in [1.29, 1.82) is 0 Å². The van der Waals surface area contributed by atoms with Crippen molar-refractivity contribution in [2.24, 2.45) is 0 Å². The van der Waals surface area contributed by atoms with Crippen molar-refractivity contribution >= 4 is 21.7 Å². The number of nitrogens with zero attached hydrogens (tertiary/aromatic N) is 2. The van der Waals surface area contributed by atoms with E-state index < -0.39 is 5.60 Å². The zero-order valence-corrected chi connectivity index (χ0v) is 11.3. The summed E-state index contributed by atoms with van der Waals surface area (Å²) in [5, 5.41) is 13.4. The number of ether oxygens (including phenoxy) is 1. The molecule has 0 saturated carbocycles. The third kappa shape index (κ3) is 3.62. The van der Waals surface area contributed by atoms with E-state index >= 15 is 0 Å². The second kappa shape index (κ2) is 5.29. The fourth-order valence-electron chi connectivity index (χ4n) is 1.81. The van der Waals surface area contributed by atoms with Crippen molar-refractivity contribution in [1.82, 2.24) is 9.97 Å². The molecule has 2 N–H and O–H groups in total. The molecule has 0 aromatic carbocycles. The predicted molar refractivity (Wildman–Crippen MR) is 68.0 cm³/mol. The van der Waals surface area contributed by atoms with Crippen molar-refractivity contribution in [3.05, 3.63) is 16.5 Å². The van der Waals surface area contributed by atoms with Crippen LogP contribution in [0.2, 0.25) is 0 Å². The average molecular weight is 302 g/mol. The third-order valence-corrected chi connectivity index (χ3v) is 3.24. The topological polar surface area (TPSA) is 67.3 Å². The molecule has 1 aliphatic rings. The number of rotatable bonds is 3. The predicted octanol–water partition coefficient (Wildman–Crippen LogP) is 1.50. The molecule has 6 heteroatoms. The van der Waals surface area contributed by atoms with Gasteiger partial charge in [-0.3, -0.25) is 0 Å². The zero-order chi connectivity index (χ0) is 12.3. The maximum absolute atomic E-state index is 10.3. The van der Waals surface area contributed by atoms with Gasteiger partial charge in [-0.25, -0.2) is 9.97 Å². The van der Waals surface area contributed by atoms with Crippen LogP contribution in [-0.4, -0.2) is 40.4 Å². The summed E-state index contributed by atoms with van der Waals surface area (Å²) in [6.45, 7) is 3.55. The number of halogens is 1. The van der Waals surface area contributed by atoms with Crippen LogP contribution in [-0.2, 0) is 4.74 Å². The minimum atomic E-state index is -0.691. The summed E-state index contributed by atoms with van der Waals surface area (Å²) in [6.07, 6.45) is 1.32. The van der Waals surface area contributed by atoms with Gasteiger partial charge in [-0.1, -0.05) is 0 Å². The lowest BCUT2D eigenvalue weighted by Crippen LogP contribution is -2.42. The van der Waals surface area contributed by atoms with Gasteiger partial charge in [0.1, 0.15) is 16.2 Å². The normalized spacial score (nSPS) is 19.0. The minimum absolute atomic E-state index is 0.485. The van der Waals surface area contributed by atoms with Gasteiger partial charge in [0.25, 0.3) is 0 Å². The molecule has 1 saturated heterocycles. The van der Waals surface area contributed by atoms with Crippen LogP contribution < -0.4 is 5.32 Å². The number of nitrogens with one attached hydrogen (secondary N) is 1. The van der Waals surface area contributed by atoms with Crippen LogP contribution in [0.3, 0.4) is 0 Å². The fraction of sp³-hybridized carbons (Fsp3) is 0.636. The molecule has 0 aliphatic carbocycles. The quantitative estimate of drug-likeness (QED) is 0.828. The maximum atomic E-state index is 10.3. The molecule has 1 aliphatic heterocycles. The maximum Gasteiger partial charge on any atom is 0.130 e. The van der Waals surface area contributed by atoms with Gasteiger partial charge in [0.05, 0.1) is 5.60 Å². The highest BCUT2D eigenvalue weighted by Crippen LogP contribution is 2.21. The third-order valence-electron chi connectivity index (χ3n) is 2.83. The Hall–Kier alpha value is -0.720. The molecule has 0 unspecified atom stereocenters. The van der Waals surface area contributed by atoms with Crippen LogP contribution in [0.25, 0.3) is 0 Å². The number of anilines is 1. The van der Waals surface area contributed by atoms with Crippen molar-refractivity contribution < 1.29 is 9.84 Å². The molecule has 0 atom stereocenters. The van der Waals surface area contributed by atoms with Crippen LogP contribution in [0.4, 0.5) is 5.82 Å². The van der Waals surface area contributed by atoms with Crippen molar-refractivity contribution in [2.45, 2.75) is 25.4 Å². The molecule has 1 aromatic rings. The Bertz CT molecular complexity index is 374. The molecule has 2 rings (SSSR count). The summed E-state index contributed by atoms with van der Waals surface area (Å²) in [5.74, 6) is 1.42. The lowest BCUT2D eigenvalue weighted by Gasteiger charge is -2.32. The summed E-state index contributed by atoms with van der Waals surface area (Å²) in [6, 6.07) is 1.80. The van der Waals surface area contributed by atoms with Gasteiger partial charge in [0, 0.05) is 38.7 Å². The van der Waals surface area contributed by atoms with Crippen LogP contribution in [0, 0.1) is 6.92 Å². The number of hydrogen-bond acceptors (Lipinski definition) is 5. The molecule has 1 aromatic heterocycles.